The van der Waals surface area contributed by atoms with E-state index in [0.29, 0.717) is 24.1 Å². The van der Waals surface area contributed by atoms with Crippen LogP contribution in [-0.2, 0) is 6.42 Å². The van der Waals surface area contributed by atoms with Gasteiger partial charge in [-0.15, -0.1) is 0 Å². The maximum absolute atomic E-state index is 12.6. The SMILES string of the molecule is O=C(NCC1CCc2ccccc21)c1ncoc1C1CCNCC1. The van der Waals surface area contributed by atoms with Crippen molar-refractivity contribution in [1.29, 1.82) is 0 Å². The monoisotopic (exact) mass is 325 g/mol. The van der Waals surface area contributed by atoms with Crippen LogP contribution in [0.25, 0.3) is 0 Å². The molecule has 4 rings (SSSR count). The number of carbonyl (C=O) groups is 1. The lowest BCUT2D eigenvalue weighted by atomic mass is 9.94. The van der Waals surface area contributed by atoms with Gasteiger partial charge in [0.15, 0.2) is 12.1 Å². The van der Waals surface area contributed by atoms with Crippen LogP contribution in [0.5, 0.6) is 0 Å². The van der Waals surface area contributed by atoms with E-state index in [1.54, 1.807) is 0 Å². The molecule has 0 saturated carbocycles. The van der Waals surface area contributed by atoms with Crippen molar-refractivity contribution in [2.45, 2.75) is 37.5 Å². The Morgan fingerprint density at radius 2 is 2.08 bits per heavy atom. The number of aromatic nitrogens is 1. The van der Waals surface area contributed by atoms with Gasteiger partial charge in [-0.3, -0.25) is 4.79 Å². The molecule has 1 aliphatic heterocycles. The van der Waals surface area contributed by atoms with Gasteiger partial charge in [0.1, 0.15) is 5.76 Å². The van der Waals surface area contributed by atoms with Crippen LogP contribution in [0.3, 0.4) is 0 Å². The summed E-state index contributed by atoms with van der Waals surface area (Å²) in [4.78, 5) is 16.8. The summed E-state index contributed by atoms with van der Waals surface area (Å²) < 4.78 is 5.55. The van der Waals surface area contributed by atoms with Crippen molar-refractivity contribution in [3.63, 3.8) is 0 Å². The number of aryl methyl sites for hydroxylation is 1. The highest BCUT2D eigenvalue weighted by atomic mass is 16.3. The van der Waals surface area contributed by atoms with Crippen LogP contribution >= 0.6 is 0 Å². The van der Waals surface area contributed by atoms with E-state index in [2.05, 4.69) is 39.9 Å². The molecule has 1 amide bonds. The molecule has 126 valence electrons. The Bertz CT molecular complexity index is 719. The van der Waals surface area contributed by atoms with Gasteiger partial charge < -0.3 is 15.1 Å². The first-order chi connectivity index (χ1) is 11.8. The fourth-order valence-electron chi connectivity index (χ4n) is 3.96. The zero-order valence-corrected chi connectivity index (χ0v) is 13.8. The van der Waals surface area contributed by atoms with Gasteiger partial charge in [0.2, 0.25) is 0 Å². The molecule has 5 nitrogen and oxygen atoms in total. The van der Waals surface area contributed by atoms with E-state index in [1.807, 2.05) is 0 Å². The summed E-state index contributed by atoms with van der Waals surface area (Å²) in [5.74, 6) is 1.34. The Hall–Kier alpha value is -2.14. The van der Waals surface area contributed by atoms with E-state index in [1.165, 1.54) is 17.5 Å². The third-order valence-corrected chi connectivity index (χ3v) is 5.29. The van der Waals surface area contributed by atoms with Gasteiger partial charge >= 0.3 is 0 Å². The molecule has 5 heteroatoms. The molecule has 24 heavy (non-hydrogen) atoms. The van der Waals surface area contributed by atoms with Gasteiger partial charge in [0.05, 0.1) is 0 Å². The van der Waals surface area contributed by atoms with Gasteiger partial charge in [0.25, 0.3) is 5.91 Å². The van der Waals surface area contributed by atoms with Crippen molar-refractivity contribution in [2.24, 2.45) is 0 Å². The Balaban J connectivity index is 1.42. The van der Waals surface area contributed by atoms with Crippen molar-refractivity contribution in [1.82, 2.24) is 15.6 Å². The molecule has 1 aromatic carbocycles. The van der Waals surface area contributed by atoms with E-state index in [4.69, 9.17) is 4.42 Å². The number of hydrogen-bond donors (Lipinski definition) is 2. The maximum atomic E-state index is 12.6. The topological polar surface area (TPSA) is 67.2 Å². The van der Waals surface area contributed by atoms with Gasteiger partial charge in [-0.05, 0) is 49.9 Å². The predicted molar refractivity (Wildman–Crippen MR) is 91.2 cm³/mol. The largest absolute Gasteiger partial charge is 0.447 e. The number of rotatable bonds is 4. The lowest BCUT2D eigenvalue weighted by Gasteiger charge is -2.21. The first-order valence-electron chi connectivity index (χ1n) is 8.83. The van der Waals surface area contributed by atoms with Crippen molar-refractivity contribution in [3.05, 3.63) is 53.2 Å². The molecule has 1 unspecified atom stereocenters. The molecule has 0 bridgehead atoms. The standard InChI is InChI=1S/C19H23N3O2/c23-19(17-18(24-12-22-17)14-7-9-20-10-8-14)21-11-15-6-5-13-3-1-2-4-16(13)15/h1-4,12,14-15,20H,5-11H2,(H,21,23). The van der Waals surface area contributed by atoms with Crippen molar-refractivity contribution < 1.29 is 9.21 Å². The first-order valence-corrected chi connectivity index (χ1v) is 8.83. The van der Waals surface area contributed by atoms with Crippen LogP contribution < -0.4 is 10.6 Å². The molecular formula is C19H23N3O2. The summed E-state index contributed by atoms with van der Waals surface area (Å²) in [6.45, 7) is 2.59. The average Bonchev–Trinajstić information content (AvgIpc) is 3.28. The fourth-order valence-corrected chi connectivity index (χ4v) is 3.96. The Kier molecular flexibility index (Phi) is 4.34. The number of nitrogens with zero attached hydrogens (tertiary/aromatic N) is 1. The summed E-state index contributed by atoms with van der Waals surface area (Å²) >= 11 is 0. The molecule has 2 aliphatic rings. The summed E-state index contributed by atoms with van der Waals surface area (Å²) in [5, 5.41) is 6.40. The zero-order valence-electron chi connectivity index (χ0n) is 13.8. The van der Waals surface area contributed by atoms with Crippen LogP contribution in [0.1, 0.15) is 58.5 Å². The van der Waals surface area contributed by atoms with Crippen molar-refractivity contribution in [3.8, 4) is 0 Å². The van der Waals surface area contributed by atoms with Gasteiger partial charge in [-0.2, -0.15) is 0 Å². The number of nitrogens with one attached hydrogen (secondary N) is 2. The molecule has 2 aromatic rings. The number of amides is 1. The fraction of sp³-hybridized carbons (Fsp3) is 0.474. The van der Waals surface area contributed by atoms with Crippen molar-refractivity contribution in [2.75, 3.05) is 19.6 Å². The van der Waals surface area contributed by atoms with E-state index in [9.17, 15) is 4.79 Å². The minimum atomic E-state index is -0.110. The minimum absolute atomic E-state index is 0.110. The molecular weight excluding hydrogens is 302 g/mol. The smallest absolute Gasteiger partial charge is 0.273 e. The van der Waals surface area contributed by atoms with Crippen molar-refractivity contribution >= 4 is 5.91 Å². The van der Waals surface area contributed by atoms with Crippen LogP contribution in [0.4, 0.5) is 0 Å². The highest BCUT2D eigenvalue weighted by Crippen LogP contribution is 2.32. The molecule has 1 fully saturated rings. The number of oxazole rings is 1. The number of piperidine rings is 1. The summed E-state index contributed by atoms with van der Waals surface area (Å²) in [6.07, 6.45) is 5.58. The third kappa shape index (κ3) is 2.96. The molecule has 2 N–H and O–H groups in total. The zero-order chi connectivity index (χ0) is 16.4. The summed E-state index contributed by atoms with van der Waals surface area (Å²) in [5.41, 5.74) is 3.25. The molecule has 1 saturated heterocycles. The number of hydrogen-bond acceptors (Lipinski definition) is 4. The van der Waals surface area contributed by atoms with E-state index in [0.717, 1.165) is 44.5 Å². The Morgan fingerprint density at radius 3 is 2.96 bits per heavy atom. The maximum Gasteiger partial charge on any atom is 0.273 e. The second kappa shape index (κ2) is 6.77. The first kappa shape index (κ1) is 15.4. The predicted octanol–water partition coefficient (Wildman–Crippen LogP) is 2.60. The van der Waals surface area contributed by atoms with Crippen LogP contribution in [-0.4, -0.2) is 30.5 Å². The highest BCUT2D eigenvalue weighted by molar-refractivity contribution is 5.93. The van der Waals surface area contributed by atoms with E-state index in [-0.39, 0.29) is 5.91 Å². The Labute approximate surface area is 141 Å². The minimum Gasteiger partial charge on any atom is -0.447 e. The number of carbonyl (C=O) groups excluding carboxylic acids is 1. The molecule has 1 aliphatic carbocycles. The molecule has 1 atom stereocenters. The average molecular weight is 325 g/mol. The van der Waals surface area contributed by atoms with Gasteiger partial charge in [-0.25, -0.2) is 4.98 Å². The quantitative estimate of drug-likeness (QED) is 0.907. The second-order valence-electron chi connectivity index (χ2n) is 6.73. The molecule has 0 radical (unpaired) electrons. The third-order valence-electron chi connectivity index (χ3n) is 5.29. The van der Waals surface area contributed by atoms with E-state index < -0.39 is 0 Å². The summed E-state index contributed by atoms with van der Waals surface area (Å²) in [7, 11) is 0. The number of benzene rings is 1. The van der Waals surface area contributed by atoms with E-state index >= 15 is 0 Å². The molecule has 0 spiro atoms. The molecule has 1 aromatic heterocycles. The van der Waals surface area contributed by atoms with Crippen LogP contribution in [0.15, 0.2) is 35.1 Å². The normalized spacial score (nSPS) is 20.8. The van der Waals surface area contributed by atoms with Gasteiger partial charge in [0, 0.05) is 18.4 Å². The lowest BCUT2D eigenvalue weighted by Crippen LogP contribution is -2.31. The lowest BCUT2D eigenvalue weighted by molar-refractivity contribution is 0.0943. The van der Waals surface area contributed by atoms with Crippen LogP contribution in [0.2, 0.25) is 0 Å². The second-order valence-corrected chi connectivity index (χ2v) is 6.73. The van der Waals surface area contributed by atoms with Crippen LogP contribution in [0, 0.1) is 0 Å². The highest BCUT2D eigenvalue weighted by Gasteiger charge is 2.27. The number of fused-ring (bicyclic) bond motifs is 1. The molecule has 2 heterocycles. The van der Waals surface area contributed by atoms with Gasteiger partial charge in [-0.1, -0.05) is 24.3 Å². The Morgan fingerprint density at radius 1 is 1.25 bits per heavy atom. The summed E-state index contributed by atoms with van der Waals surface area (Å²) in [6, 6.07) is 8.52.